The fraction of sp³-hybridized carbons (Fsp3) is 0.333. The van der Waals surface area contributed by atoms with Gasteiger partial charge in [0.1, 0.15) is 46.0 Å². The number of hydrogen-bond acceptors (Lipinski definition) is 16. The first-order valence-corrected chi connectivity index (χ1v) is 29.1. The number of carbonyl (C=O) groups is 8. The Morgan fingerprint density at radius 3 is 1.07 bits per heavy atom. The molecule has 0 aliphatic rings. The van der Waals surface area contributed by atoms with Crippen LogP contribution in [0.2, 0.25) is 0 Å². The van der Waals surface area contributed by atoms with E-state index < -0.39 is 33.4 Å². The number of phenolic OH excluding ortho intramolecular Hbond substituents is 1. The number of carboxylic acid groups (broad SMARTS) is 3. The average Bonchev–Trinajstić information content (AvgIpc) is 2.39. The summed E-state index contributed by atoms with van der Waals surface area (Å²) in [4.78, 5) is 89.0. The number of phenols is 1. The van der Waals surface area contributed by atoms with Gasteiger partial charge in [0.15, 0.2) is 17.2 Å². The van der Waals surface area contributed by atoms with E-state index in [9.17, 15) is 58.8 Å². The number of carbonyl (C=O) groups excluding carboxylic acids is 6. The number of ketones is 2. The maximum Gasteiger partial charge on any atom is 1.00 e. The summed E-state index contributed by atoms with van der Waals surface area (Å²) in [6.45, 7) is 24.8. The van der Waals surface area contributed by atoms with Crippen LogP contribution in [0.3, 0.4) is 0 Å². The van der Waals surface area contributed by atoms with Gasteiger partial charge >= 0.3 is 101 Å². The number of thioether (sulfide) groups is 2. The number of aryl methyl sites for hydroxylation is 8. The van der Waals surface area contributed by atoms with Gasteiger partial charge < -0.3 is 45.3 Å². The first-order valence-electron chi connectivity index (χ1n) is 25.8. The quantitative estimate of drug-likeness (QED) is 0.0258. The zero-order valence-electron chi connectivity index (χ0n) is 54.0. The minimum absolute atomic E-state index is 0. The Morgan fingerprint density at radius 1 is 0.505 bits per heavy atom. The van der Waals surface area contributed by atoms with Crippen molar-refractivity contribution in [2.45, 2.75) is 151 Å². The number of ether oxygens (including phenoxy) is 2. The van der Waals surface area contributed by atoms with E-state index in [4.69, 9.17) is 14.6 Å². The van der Waals surface area contributed by atoms with E-state index in [2.05, 4.69) is 15.9 Å². The SMILES string of the molecule is C.C.C.CC(C)(Br)C(=O)O.CSc1ccc(C(=O)/C=C/c2cc(C)c(OC(C)(C)C(=O)O)c(C)c2)cc1.CSc1ccc(C(C)=O)cc1.Cc1cc(C=O)cc(C)c1O.Cc1cc(C=O)cc(C)c1OC(C)(C)C(=O)[O-].Cc1cc(C=O)cc(C)c1[O-].[Na+].[Na+].[Na+].[OH-]. The molecule has 0 saturated carbocycles. The molecule has 0 heterocycles. The summed E-state index contributed by atoms with van der Waals surface area (Å²) in [7, 11) is 0. The summed E-state index contributed by atoms with van der Waals surface area (Å²) in [5.74, 6) is -1.76. The van der Waals surface area contributed by atoms with Gasteiger partial charge in [0, 0.05) is 37.6 Å². The van der Waals surface area contributed by atoms with E-state index in [0.717, 1.165) is 68.3 Å². The summed E-state index contributed by atoms with van der Waals surface area (Å²) < 4.78 is 10.4. The second-order valence-electron chi connectivity index (χ2n) is 20.6. The van der Waals surface area contributed by atoms with Crippen LogP contribution in [0.1, 0.15) is 173 Å². The van der Waals surface area contributed by atoms with Crippen molar-refractivity contribution in [3.63, 3.8) is 0 Å². The normalized spacial score (nSPS) is 9.87. The van der Waals surface area contributed by atoms with Crippen LogP contribution in [0, 0.1) is 55.4 Å². The van der Waals surface area contributed by atoms with Crippen molar-refractivity contribution >= 4 is 93.9 Å². The van der Waals surface area contributed by atoms with Crippen molar-refractivity contribution in [2.75, 3.05) is 12.5 Å². The summed E-state index contributed by atoms with van der Waals surface area (Å²) in [5.41, 5.74) is 7.12. The molecule has 91 heavy (non-hydrogen) atoms. The molecule has 482 valence electrons. The number of alkyl halides is 1. The van der Waals surface area contributed by atoms with Crippen molar-refractivity contribution in [3.8, 4) is 23.0 Å². The molecule has 0 aliphatic heterocycles. The molecule has 0 spiro atoms. The van der Waals surface area contributed by atoms with Crippen molar-refractivity contribution in [2.24, 2.45) is 0 Å². The molecular weight excluding hydrogens is 1300 g/mol. The van der Waals surface area contributed by atoms with Crippen molar-refractivity contribution in [1.29, 1.82) is 0 Å². The fourth-order valence-corrected chi connectivity index (χ4v) is 7.82. The zero-order valence-corrected chi connectivity index (χ0v) is 63.2. The maximum absolute atomic E-state index is 12.3. The minimum Gasteiger partial charge on any atom is -0.872 e. The molecule has 6 aromatic rings. The van der Waals surface area contributed by atoms with Crippen LogP contribution in [0.15, 0.2) is 113 Å². The third kappa shape index (κ3) is 34.8. The van der Waals surface area contributed by atoms with Crippen molar-refractivity contribution < 1.29 is 168 Å². The van der Waals surface area contributed by atoms with Crippen LogP contribution in [0.4, 0.5) is 0 Å². The van der Waals surface area contributed by atoms with E-state index >= 15 is 0 Å². The van der Waals surface area contributed by atoms with Gasteiger partial charge in [0.25, 0.3) is 0 Å². The van der Waals surface area contributed by atoms with Crippen LogP contribution in [0.5, 0.6) is 23.0 Å². The molecule has 0 saturated heterocycles. The largest absolute Gasteiger partial charge is 1.00 e. The predicted octanol–water partition coefficient (Wildman–Crippen LogP) is 5.80. The molecule has 0 aromatic heterocycles. The van der Waals surface area contributed by atoms with Crippen LogP contribution in [-0.2, 0) is 14.4 Å². The van der Waals surface area contributed by atoms with Crippen LogP contribution >= 0.6 is 39.5 Å². The smallest absolute Gasteiger partial charge is 0.872 e. The van der Waals surface area contributed by atoms with Gasteiger partial charge in [-0.05, 0) is 246 Å². The van der Waals surface area contributed by atoms with Gasteiger partial charge in [-0.25, -0.2) is 4.79 Å². The number of aromatic hydroxyl groups is 1. The standard InChI is InChI=1S/C22H24O4S.C13H16O4.2C9H10O2.C9H10OS.C4H7BrO2.3CH4.3Na.H2O/c1-14-12-16(13-15(2)20(14)26-22(3,4)21(24)25)6-11-19(23)17-7-9-18(27-5)10-8-17;1-8-5-10(7-14)6-9(2)11(8)17-13(3,4)12(15)16;2*1-6-3-8(5-10)4-7(2)9(6)11;1-7(10)8-3-5-9(11-2)6-4-8;1-4(2,5)3(6)7;;;;;;;/h6-13H,1-5H3,(H,24,25);5-7H,1-4H3,(H,15,16);2*3-5,11H,1-2H3;3-6H,1-2H3;1-2H3,(H,6,7);3*1H4;;;;1H2/q;;;;;;;;;3*+1;/p-3/b11-6+;;;;;;;;;;;;. The fourth-order valence-electron chi connectivity index (χ4n) is 7.01. The van der Waals surface area contributed by atoms with E-state index in [1.54, 1.807) is 134 Å². The van der Waals surface area contributed by atoms with Crippen LogP contribution < -0.4 is 108 Å². The van der Waals surface area contributed by atoms with E-state index in [-0.39, 0.29) is 139 Å². The Balaban J connectivity index is -0.000000193. The Hall–Kier alpha value is -4.84. The van der Waals surface area contributed by atoms with Gasteiger partial charge in [-0.2, -0.15) is 0 Å². The molecule has 6 aromatic carbocycles. The molecule has 0 atom stereocenters. The first-order chi connectivity index (χ1) is 38.9. The molecule has 6 rings (SSSR count). The topological polar surface area (TPSA) is 292 Å². The number of carboxylic acids is 3. The summed E-state index contributed by atoms with van der Waals surface area (Å²) in [6, 6.07) is 28.7. The molecule has 0 bridgehead atoms. The Morgan fingerprint density at radius 2 is 0.791 bits per heavy atom. The van der Waals surface area contributed by atoms with E-state index in [0.29, 0.717) is 44.9 Å². The van der Waals surface area contributed by atoms with Gasteiger partial charge in [-0.1, -0.05) is 67.5 Å². The molecule has 0 radical (unpaired) electrons. The van der Waals surface area contributed by atoms with Gasteiger partial charge in [0.05, 0.1) is 5.97 Å². The number of aliphatic carboxylic acids is 3. The average molecular weight is 1390 g/mol. The van der Waals surface area contributed by atoms with E-state index in [1.165, 1.54) is 32.6 Å². The molecule has 0 unspecified atom stereocenters. The van der Waals surface area contributed by atoms with Crippen molar-refractivity contribution in [3.05, 3.63) is 181 Å². The Kier molecular flexibility index (Phi) is 51.6. The molecular formula is C69H88BrNa3O16S2. The number of aldehydes is 3. The van der Waals surface area contributed by atoms with Gasteiger partial charge in [-0.3, -0.25) is 28.8 Å². The Labute approximate surface area is 622 Å². The second kappa shape index (κ2) is 47.1. The monoisotopic (exact) mass is 1380 g/mol. The maximum atomic E-state index is 12.3. The number of benzene rings is 6. The minimum atomic E-state index is -1.40. The number of allylic oxidation sites excluding steroid dienone is 1. The number of hydrogen-bond donors (Lipinski definition) is 3. The number of rotatable bonds is 16. The molecule has 0 amide bonds. The third-order valence-corrected chi connectivity index (χ3v) is 13.7. The second-order valence-corrected chi connectivity index (χ2v) is 24.4. The summed E-state index contributed by atoms with van der Waals surface area (Å²) >= 11 is 6.25. The third-order valence-electron chi connectivity index (χ3n) is 11.9. The molecule has 16 nitrogen and oxygen atoms in total. The molecule has 4 N–H and O–H groups in total. The summed E-state index contributed by atoms with van der Waals surface area (Å²) in [5, 5.41) is 48.8. The van der Waals surface area contributed by atoms with Gasteiger partial charge in [-0.15, -0.1) is 29.3 Å². The molecule has 0 aliphatic carbocycles. The van der Waals surface area contributed by atoms with Crippen molar-refractivity contribution in [1.82, 2.24) is 0 Å². The predicted molar refractivity (Wildman–Crippen MR) is 356 cm³/mol. The first kappa shape index (κ1) is 99.7. The molecule has 22 heteroatoms. The van der Waals surface area contributed by atoms with Crippen LogP contribution in [-0.4, -0.2) is 97.2 Å². The zero-order chi connectivity index (χ0) is 64.6. The van der Waals surface area contributed by atoms with Crippen LogP contribution in [0.25, 0.3) is 6.08 Å². The summed E-state index contributed by atoms with van der Waals surface area (Å²) in [6.07, 6.45) is 9.59. The number of halogens is 1. The van der Waals surface area contributed by atoms with Gasteiger partial charge in [0.2, 0.25) is 0 Å². The van der Waals surface area contributed by atoms with E-state index in [1.807, 2.05) is 87.0 Å². The number of Topliss-reactive ketones (excluding diaryl/α,β-unsaturated/α-hetero) is 1. The Bertz CT molecular complexity index is 3190. The molecule has 0 fully saturated rings.